The zero-order chi connectivity index (χ0) is 56.4. The van der Waals surface area contributed by atoms with Crippen molar-refractivity contribution in [3.63, 3.8) is 0 Å². The molecule has 1 fully saturated rings. The summed E-state index contributed by atoms with van der Waals surface area (Å²) in [6.45, 7) is 13.1. The van der Waals surface area contributed by atoms with Gasteiger partial charge in [-0.05, 0) is 81.6 Å². The van der Waals surface area contributed by atoms with Crippen molar-refractivity contribution in [2.45, 2.75) is 168 Å². The Hall–Kier alpha value is -6.64. The van der Waals surface area contributed by atoms with Gasteiger partial charge in [0, 0.05) is 13.1 Å². The lowest BCUT2D eigenvalue weighted by Gasteiger charge is -2.29. The summed E-state index contributed by atoms with van der Waals surface area (Å²) in [6, 6.07) is -9.89. The van der Waals surface area contributed by atoms with Crippen LogP contribution in [0.4, 0.5) is 0 Å². The molecule has 0 aromatic heterocycles. The highest BCUT2D eigenvalue weighted by Gasteiger charge is 2.38. The number of carboxylic acids is 1. The fraction of sp³-hybridized carbons (Fsp3) is 0.745. The van der Waals surface area contributed by atoms with Gasteiger partial charge < -0.3 is 81.2 Å². The number of primary amides is 1. The van der Waals surface area contributed by atoms with Crippen LogP contribution in [-0.2, 0) is 52.7 Å². The lowest BCUT2D eigenvalue weighted by atomic mass is 9.98. The summed E-state index contributed by atoms with van der Waals surface area (Å²) >= 11 is 0. The lowest BCUT2D eigenvalue weighted by molar-refractivity contribution is -0.143. The van der Waals surface area contributed by atoms with Gasteiger partial charge in [-0.3, -0.25) is 52.9 Å². The maximum Gasteiger partial charge on any atom is 0.326 e. The maximum absolute atomic E-state index is 13.9. The third-order valence-corrected chi connectivity index (χ3v) is 12.3. The second kappa shape index (κ2) is 33.2. The monoisotopic (exact) mass is 1050 g/mol. The molecule has 1 rings (SSSR count). The number of aliphatic imine (C=N–C) groups is 1. The van der Waals surface area contributed by atoms with Crippen molar-refractivity contribution in [3.05, 3.63) is 0 Å². The number of rotatable bonds is 34. The molecule has 1 aliphatic heterocycles. The number of nitrogens with zero attached hydrogens (tertiary/aromatic N) is 2. The molecule has 0 aliphatic carbocycles. The summed E-state index contributed by atoms with van der Waals surface area (Å²) in [5.74, 6) is -10.8. The Morgan fingerprint density at radius 3 is 1.73 bits per heavy atom. The van der Waals surface area contributed by atoms with Crippen LogP contribution in [0.2, 0.25) is 0 Å². The first kappa shape index (κ1) is 65.4. The largest absolute Gasteiger partial charge is 0.480 e. The van der Waals surface area contributed by atoms with Gasteiger partial charge in [0.1, 0.15) is 42.3 Å². The number of likely N-dealkylation sites (tertiary alicyclic amines) is 1. The number of amides is 10. The average Bonchev–Trinajstić information content (AvgIpc) is 3.83. The number of hydrogen-bond acceptors (Lipinski definition) is 14. The van der Waals surface area contributed by atoms with Gasteiger partial charge in [0.25, 0.3) is 0 Å². The molecule has 0 saturated carbocycles. The van der Waals surface area contributed by atoms with Crippen LogP contribution in [0.1, 0.15) is 120 Å². The number of hydrogen-bond donors (Lipinski definition) is 14. The van der Waals surface area contributed by atoms with Crippen LogP contribution in [0.3, 0.4) is 0 Å². The van der Waals surface area contributed by atoms with Gasteiger partial charge in [-0.25, -0.2) is 4.79 Å². The molecule has 0 unspecified atom stereocenters. The van der Waals surface area contributed by atoms with Gasteiger partial charge in [-0.15, -0.1) is 0 Å². The van der Waals surface area contributed by atoms with Crippen molar-refractivity contribution < 1.29 is 57.8 Å². The Bertz CT molecular complexity index is 1960. The Morgan fingerprint density at radius 1 is 0.649 bits per heavy atom. The summed E-state index contributed by atoms with van der Waals surface area (Å²) in [5.41, 5.74) is 28.0. The SMILES string of the molecule is CC[C@H](C)[C@H](N)C(=O)NCC(=O)N1CCC[C@H]1C(=O)N[C@@H](CCCCN)C(=O)NCC(=O)N[C@@H](CCCN=C(N)N)C(=O)N[C@@H](CC(N)=O)C(=O)N[C@H](C(=O)N[C@H](C(=O)N[C@@H](CC(C)C)C(=O)O)C(C)C)C(C)C. The van der Waals surface area contributed by atoms with E-state index in [9.17, 15) is 57.8 Å². The van der Waals surface area contributed by atoms with Crippen LogP contribution in [-0.4, -0.2) is 162 Å². The topological polar surface area (TPSA) is 450 Å². The van der Waals surface area contributed by atoms with Crippen LogP contribution in [0.5, 0.6) is 0 Å². The fourth-order valence-corrected chi connectivity index (χ4v) is 7.77. The average molecular weight is 1050 g/mol. The smallest absolute Gasteiger partial charge is 0.326 e. The number of carbonyl (C=O) groups excluding carboxylic acids is 10. The van der Waals surface area contributed by atoms with Crippen molar-refractivity contribution in [1.29, 1.82) is 0 Å². The van der Waals surface area contributed by atoms with Gasteiger partial charge in [0.2, 0.25) is 59.1 Å². The second-order valence-electron chi connectivity index (χ2n) is 19.7. The molecule has 0 aromatic rings. The molecule has 1 aliphatic rings. The molecule has 1 saturated heterocycles. The maximum atomic E-state index is 13.9. The van der Waals surface area contributed by atoms with E-state index >= 15 is 0 Å². The minimum atomic E-state index is -1.70. The number of nitrogens with one attached hydrogen (secondary N) is 8. The van der Waals surface area contributed by atoms with E-state index in [-0.39, 0.29) is 69.5 Å². The summed E-state index contributed by atoms with van der Waals surface area (Å²) in [6.07, 6.45) is 1.77. The zero-order valence-corrected chi connectivity index (χ0v) is 44.3. The molecular weight excluding hydrogens is 967 g/mol. The van der Waals surface area contributed by atoms with Crippen LogP contribution in [0.25, 0.3) is 0 Å². The highest BCUT2D eigenvalue weighted by atomic mass is 16.4. The molecule has 420 valence electrons. The standard InChI is InChI=1S/C47H85N15O12/c1-9-27(8)36(50)43(70)55-23-35(65)62-19-13-16-32(62)42(69)57-28(14-10-11-17-48)39(66)54-22-34(64)56-29(15-12-18-53-47(51)52)40(67)58-30(21-33(49)63)41(68)60-38(26(6)7)45(72)61-37(25(4)5)44(71)59-31(46(73)74)20-24(2)3/h24-32,36-38H,9-23,48,50H2,1-8H3,(H2,49,63)(H,54,66)(H,55,70)(H,56,64)(H,57,69)(H,58,67)(H,59,71)(H,60,68)(H,61,72)(H,73,74)(H4,51,52,53)/t27-,28-,29-,30-,31-,32-,36-,37-,38-/m0/s1. The molecule has 0 aromatic carbocycles. The Balaban J connectivity index is 3.25. The fourth-order valence-electron chi connectivity index (χ4n) is 7.77. The second-order valence-corrected chi connectivity index (χ2v) is 19.7. The minimum Gasteiger partial charge on any atom is -0.480 e. The van der Waals surface area contributed by atoms with Crippen molar-refractivity contribution in [2.24, 2.45) is 57.3 Å². The first-order chi connectivity index (χ1) is 34.6. The molecule has 0 spiro atoms. The van der Waals surface area contributed by atoms with Crippen molar-refractivity contribution in [3.8, 4) is 0 Å². The van der Waals surface area contributed by atoms with Gasteiger partial charge in [0.05, 0.1) is 25.6 Å². The number of nitrogens with two attached hydrogens (primary N) is 5. The normalized spacial score (nSPS) is 16.5. The van der Waals surface area contributed by atoms with E-state index in [4.69, 9.17) is 28.7 Å². The molecule has 27 heteroatoms. The van der Waals surface area contributed by atoms with E-state index in [0.717, 1.165) is 0 Å². The molecule has 9 atom stereocenters. The quantitative estimate of drug-likeness (QED) is 0.0166. The van der Waals surface area contributed by atoms with Gasteiger partial charge >= 0.3 is 5.97 Å². The Labute approximate surface area is 433 Å². The molecule has 27 nitrogen and oxygen atoms in total. The zero-order valence-electron chi connectivity index (χ0n) is 44.3. The lowest BCUT2D eigenvalue weighted by Crippen LogP contribution is -2.61. The number of carboxylic acid groups (broad SMARTS) is 1. The predicted octanol–water partition coefficient (Wildman–Crippen LogP) is -4.01. The first-order valence-corrected chi connectivity index (χ1v) is 25.3. The van der Waals surface area contributed by atoms with Crippen LogP contribution in [0, 0.1) is 23.7 Å². The van der Waals surface area contributed by atoms with Crippen LogP contribution < -0.4 is 71.2 Å². The third kappa shape index (κ3) is 23.5. The van der Waals surface area contributed by atoms with Gasteiger partial charge in [-0.1, -0.05) is 61.8 Å². The molecule has 74 heavy (non-hydrogen) atoms. The third-order valence-electron chi connectivity index (χ3n) is 12.3. The molecule has 10 amide bonds. The molecule has 19 N–H and O–H groups in total. The van der Waals surface area contributed by atoms with E-state index in [1.807, 2.05) is 13.8 Å². The van der Waals surface area contributed by atoms with Crippen molar-refractivity contribution in [1.82, 2.24) is 47.4 Å². The highest BCUT2D eigenvalue weighted by molar-refractivity contribution is 5.99. The Morgan fingerprint density at radius 2 is 1.19 bits per heavy atom. The van der Waals surface area contributed by atoms with E-state index in [0.29, 0.717) is 32.2 Å². The summed E-state index contributed by atoms with van der Waals surface area (Å²) in [5, 5.41) is 29.8. The predicted molar refractivity (Wildman–Crippen MR) is 273 cm³/mol. The van der Waals surface area contributed by atoms with E-state index < -0.39 is 138 Å². The first-order valence-electron chi connectivity index (χ1n) is 25.3. The molecular formula is C47H85N15O12. The molecule has 0 radical (unpaired) electrons. The number of unbranched alkanes of at least 4 members (excludes halogenated alkanes) is 1. The van der Waals surface area contributed by atoms with Gasteiger partial charge in [-0.2, -0.15) is 0 Å². The molecule has 1 heterocycles. The number of guanidine groups is 1. The van der Waals surface area contributed by atoms with Crippen LogP contribution in [0.15, 0.2) is 4.99 Å². The number of aliphatic carboxylic acids is 1. The Kier molecular flexibility index (Phi) is 29.4. The summed E-state index contributed by atoms with van der Waals surface area (Å²) in [4.78, 5) is 150. The van der Waals surface area contributed by atoms with Gasteiger partial charge in [0.15, 0.2) is 5.96 Å². The van der Waals surface area contributed by atoms with E-state index in [1.165, 1.54) is 4.90 Å². The summed E-state index contributed by atoms with van der Waals surface area (Å²) in [7, 11) is 0. The van der Waals surface area contributed by atoms with E-state index in [1.54, 1.807) is 41.5 Å². The van der Waals surface area contributed by atoms with E-state index in [2.05, 4.69) is 47.5 Å². The summed E-state index contributed by atoms with van der Waals surface area (Å²) < 4.78 is 0. The minimum absolute atomic E-state index is 0.00835. The molecule has 0 bridgehead atoms. The van der Waals surface area contributed by atoms with Crippen molar-refractivity contribution >= 4 is 71.0 Å². The highest BCUT2D eigenvalue weighted by Crippen LogP contribution is 2.19. The van der Waals surface area contributed by atoms with Crippen molar-refractivity contribution in [2.75, 3.05) is 32.7 Å². The number of carbonyl (C=O) groups is 11. The van der Waals surface area contributed by atoms with Crippen LogP contribution >= 0.6 is 0 Å².